The number of amides is 1. The van der Waals surface area contributed by atoms with E-state index in [4.69, 9.17) is 4.74 Å². The van der Waals surface area contributed by atoms with Gasteiger partial charge in [-0.15, -0.1) is 0 Å². The van der Waals surface area contributed by atoms with Crippen LogP contribution in [0.25, 0.3) is 0 Å². The normalized spacial score (nSPS) is 35.3. The Labute approximate surface area is 115 Å². The first-order chi connectivity index (χ1) is 9.07. The van der Waals surface area contributed by atoms with Crippen molar-refractivity contribution in [3.63, 3.8) is 0 Å². The van der Waals surface area contributed by atoms with Crippen LogP contribution >= 0.6 is 0 Å². The van der Waals surface area contributed by atoms with Gasteiger partial charge in [-0.1, -0.05) is 19.8 Å². The maximum atomic E-state index is 11.8. The van der Waals surface area contributed by atoms with Crippen LogP contribution in [0, 0.1) is 5.92 Å². The number of carbonyl (C=O) groups is 1. The molecule has 2 rings (SSSR count). The predicted molar refractivity (Wildman–Crippen MR) is 73.8 cm³/mol. The third-order valence-electron chi connectivity index (χ3n) is 4.40. The molecule has 0 radical (unpaired) electrons. The van der Waals surface area contributed by atoms with E-state index in [0.29, 0.717) is 18.9 Å². The Bertz CT molecular complexity index is 302. The van der Waals surface area contributed by atoms with Crippen molar-refractivity contribution in [1.82, 2.24) is 5.32 Å². The smallest absolute Gasteiger partial charge is 0.220 e. The summed E-state index contributed by atoms with van der Waals surface area (Å²) in [6, 6.07) is 0. The molecule has 0 spiro atoms. The van der Waals surface area contributed by atoms with E-state index < -0.39 is 5.60 Å². The summed E-state index contributed by atoms with van der Waals surface area (Å²) < 4.78 is 5.50. The summed E-state index contributed by atoms with van der Waals surface area (Å²) in [4.78, 5) is 11.8. The van der Waals surface area contributed by atoms with Crippen molar-refractivity contribution < 1.29 is 14.6 Å². The van der Waals surface area contributed by atoms with Crippen molar-refractivity contribution in [2.75, 3.05) is 13.2 Å². The molecule has 1 aliphatic heterocycles. The third kappa shape index (κ3) is 4.77. The van der Waals surface area contributed by atoms with Gasteiger partial charge in [0.15, 0.2) is 0 Å². The van der Waals surface area contributed by atoms with Gasteiger partial charge in [0.2, 0.25) is 5.91 Å². The van der Waals surface area contributed by atoms with Gasteiger partial charge in [0.05, 0.1) is 11.7 Å². The van der Waals surface area contributed by atoms with E-state index in [-0.39, 0.29) is 12.0 Å². The minimum Gasteiger partial charge on any atom is -0.388 e. The minimum absolute atomic E-state index is 0.0437. The molecule has 0 aromatic rings. The van der Waals surface area contributed by atoms with Gasteiger partial charge in [-0.3, -0.25) is 4.79 Å². The molecule has 110 valence electrons. The van der Waals surface area contributed by atoms with Gasteiger partial charge < -0.3 is 15.2 Å². The highest BCUT2D eigenvalue weighted by Gasteiger charge is 2.32. The van der Waals surface area contributed by atoms with Crippen LogP contribution in [-0.2, 0) is 9.53 Å². The van der Waals surface area contributed by atoms with Gasteiger partial charge >= 0.3 is 0 Å². The van der Waals surface area contributed by atoms with Crippen molar-refractivity contribution in [2.24, 2.45) is 5.92 Å². The van der Waals surface area contributed by atoms with Crippen molar-refractivity contribution in [2.45, 2.75) is 70.0 Å². The summed E-state index contributed by atoms with van der Waals surface area (Å²) in [6.07, 6.45) is 7.64. The number of hydrogen-bond donors (Lipinski definition) is 2. The molecule has 1 amide bonds. The van der Waals surface area contributed by atoms with Gasteiger partial charge in [0.25, 0.3) is 0 Å². The number of ether oxygens (including phenoxy) is 1. The lowest BCUT2D eigenvalue weighted by Gasteiger charge is -2.35. The molecule has 19 heavy (non-hydrogen) atoms. The Hall–Kier alpha value is -0.610. The van der Waals surface area contributed by atoms with Crippen LogP contribution in [0.2, 0.25) is 0 Å². The molecular formula is C15H27NO3. The second kappa shape index (κ2) is 6.71. The topological polar surface area (TPSA) is 58.6 Å². The van der Waals surface area contributed by atoms with Crippen LogP contribution in [0.1, 0.15) is 58.3 Å². The zero-order chi connectivity index (χ0) is 13.7. The number of aliphatic hydroxyl groups is 1. The Morgan fingerprint density at radius 1 is 1.42 bits per heavy atom. The lowest BCUT2D eigenvalue weighted by atomic mass is 9.79. The number of carbonyl (C=O) groups excluding carboxylic acids is 1. The van der Waals surface area contributed by atoms with Gasteiger partial charge in [-0.25, -0.2) is 0 Å². The molecule has 0 aromatic heterocycles. The molecule has 3 unspecified atom stereocenters. The number of hydrogen-bond acceptors (Lipinski definition) is 3. The molecule has 1 aliphatic carbocycles. The molecule has 0 aromatic carbocycles. The first-order valence-corrected chi connectivity index (χ1v) is 7.68. The first kappa shape index (κ1) is 14.8. The van der Waals surface area contributed by atoms with E-state index in [2.05, 4.69) is 12.2 Å². The van der Waals surface area contributed by atoms with Crippen molar-refractivity contribution >= 4 is 5.91 Å². The molecule has 3 atom stereocenters. The van der Waals surface area contributed by atoms with Crippen LogP contribution < -0.4 is 5.32 Å². The molecule has 2 aliphatic rings. The van der Waals surface area contributed by atoms with E-state index in [0.717, 1.165) is 45.1 Å². The van der Waals surface area contributed by atoms with Gasteiger partial charge in [-0.05, 0) is 38.0 Å². The van der Waals surface area contributed by atoms with E-state index >= 15 is 0 Å². The molecule has 0 bridgehead atoms. The monoisotopic (exact) mass is 269 g/mol. The summed E-state index contributed by atoms with van der Waals surface area (Å²) in [5.74, 6) is 0.602. The van der Waals surface area contributed by atoms with Crippen LogP contribution in [0.3, 0.4) is 0 Å². The van der Waals surface area contributed by atoms with Crippen molar-refractivity contribution in [3.05, 3.63) is 0 Å². The van der Waals surface area contributed by atoms with E-state index in [1.54, 1.807) is 0 Å². The predicted octanol–water partition coefficient (Wildman–Crippen LogP) is 2.00. The fourth-order valence-corrected chi connectivity index (χ4v) is 3.31. The number of nitrogens with one attached hydrogen (secondary N) is 1. The lowest BCUT2D eigenvalue weighted by Crippen LogP contribution is -2.45. The molecule has 2 fully saturated rings. The van der Waals surface area contributed by atoms with Gasteiger partial charge in [0, 0.05) is 19.6 Å². The minimum atomic E-state index is -0.683. The summed E-state index contributed by atoms with van der Waals surface area (Å²) in [7, 11) is 0. The Kier molecular flexibility index (Phi) is 5.22. The van der Waals surface area contributed by atoms with E-state index in [1.807, 2.05) is 0 Å². The highest BCUT2D eigenvalue weighted by molar-refractivity contribution is 5.75. The zero-order valence-corrected chi connectivity index (χ0v) is 12.0. The van der Waals surface area contributed by atoms with E-state index in [1.165, 1.54) is 6.42 Å². The standard InChI is InChI=1S/C15H27NO3/c1-12-4-2-8-15(18,10-12)11-16-14(17)7-6-13-5-3-9-19-13/h12-13,18H,2-11H2,1H3,(H,16,17). The average molecular weight is 269 g/mol. The van der Waals surface area contributed by atoms with Crippen molar-refractivity contribution in [1.29, 1.82) is 0 Å². The third-order valence-corrected chi connectivity index (χ3v) is 4.40. The molecule has 2 N–H and O–H groups in total. The highest BCUT2D eigenvalue weighted by atomic mass is 16.5. The second-order valence-corrected chi connectivity index (χ2v) is 6.38. The van der Waals surface area contributed by atoms with Crippen LogP contribution in [0.5, 0.6) is 0 Å². The summed E-state index contributed by atoms with van der Waals surface area (Å²) in [5, 5.41) is 13.3. The summed E-state index contributed by atoms with van der Waals surface area (Å²) in [5.41, 5.74) is -0.683. The maximum Gasteiger partial charge on any atom is 0.220 e. The van der Waals surface area contributed by atoms with E-state index in [9.17, 15) is 9.90 Å². The molecule has 4 heteroatoms. The van der Waals surface area contributed by atoms with Crippen LogP contribution in [-0.4, -0.2) is 35.9 Å². The van der Waals surface area contributed by atoms with Crippen molar-refractivity contribution in [3.8, 4) is 0 Å². The molecule has 4 nitrogen and oxygen atoms in total. The SMILES string of the molecule is CC1CCCC(O)(CNC(=O)CCC2CCCO2)C1. The van der Waals surface area contributed by atoms with Gasteiger partial charge in [-0.2, -0.15) is 0 Å². The summed E-state index contributed by atoms with van der Waals surface area (Å²) >= 11 is 0. The molecule has 1 saturated carbocycles. The Morgan fingerprint density at radius 2 is 2.26 bits per heavy atom. The lowest BCUT2D eigenvalue weighted by molar-refractivity contribution is -0.123. The fourth-order valence-electron chi connectivity index (χ4n) is 3.31. The molecule has 1 saturated heterocycles. The average Bonchev–Trinajstić information content (AvgIpc) is 2.87. The summed E-state index contributed by atoms with van der Waals surface area (Å²) in [6.45, 7) is 3.41. The number of rotatable bonds is 5. The molecular weight excluding hydrogens is 242 g/mol. The Balaban J connectivity index is 1.64. The quantitative estimate of drug-likeness (QED) is 0.802. The first-order valence-electron chi connectivity index (χ1n) is 7.68. The maximum absolute atomic E-state index is 11.8. The fraction of sp³-hybridized carbons (Fsp3) is 0.933. The zero-order valence-electron chi connectivity index (χ0n) is 12.0. The van der Waals surface area contributed by atoms with Crippen LogP contribution in [0.4, 0.5) is 0 Å². The Morgan fingerprint density at radius 3 is 2.95 bits per heavy atom. The van der Waals surface area contributed by atoms with Gasteiger partial charge in [0.1, 0.15) is 0 Å². The highest BCUT2D eigenvalue weighted by Crippen LogP contribution is 2.31. The largest absolute Gasteiger partial charge is 0.388 e. The second-order valence-electron chi connectivity index (χ2n) is 6.38. The van der Waals surface area contributed by atoms with Crippen LogP contribution in [0.15, 0.2) is 0 Å². The molecule has 1 heterocycles.